The molecule has 2 saturated carbocycles. The van der Waals surface area contributed by atoms with E-state index in [1.54, 1.807) is 0 Å². The lowest BCUT2D eigenvalue weighted by molar-refractivity contribution is -0.102. The molecule has 3 amide bonds. The van der Waals surface area contributed by atoms with E-state index in [2.05, 4.69) is 50.3 Å². The number of hydrogen-bond acceptors (Lipinski definition) is 3. The molecule has 6 nitrogen and oxygen atoms in total. The first-order valence-electron chi connectivity index (χ1n) is 13.3. The maximum Gasteiger partial charge on any atom is 0.317 e. The highest BCUT2D eigenvalue weighted by Crippen LogP contribution is 2.61. The molecule has 35 heavy (non-hydrogen) atoms. The molecule has 1 heterocycles. The van der Waals surface area contributed by atoms with Gasteiger partial charge in [0, 0.05) is 44.3 Å². The molecule has 1 aromatic carbocycles. The van der Waals surface area contributed by atoms with E-state index in [0.717, 1.165) is 39.0 Å². The van der Waals surface area contributed by atoms with Crippen LogP contribution in [0.25, 0.3) is 0 Å². The maximum absolute atomic E-state index is 13.3. The highest BCUT2D eigenvalue weighted by atomic mass is 19.1. The van der Waals surface area contributed by atoms with Crippen molar-refractivity contribution in [2.75, 3.05) is 39.8 Å². The molecule has 0 bridgehead atoms. The highest BCUT2D eigenvalue weighted by molar-refractivity contribution is 5.94. The van der Waals surface area contributed by atoms with Gasteiger partial charge in [0.05, 0.1) is 0 Å². The number of carbonyl (C=O) groups is 2. The van der Waals surface area contributed by atoms with Crippen molar-refractivity contribution in [2.24, 2.45) is 28.6 Å². The van der Waals surface area contributed by atoms with Gasteiger partial charge in [-0.3, -0.25) is 4.79 Å². The molecule has 0 spiro atoms. The fourth-order valence-corrected chi connectivity index (χ4v) is 7.32. The predicted octanol–water partition coefficient (Wildman–Crippen LogP) is 4.37. The number of nitrogens with zero attached hydrogens (tertiary/aromatic N) is 2. The van der Waals surface area contributed by atoms with Crippen LogP contribution in [0.3, 0.4) is 0 Å². The van der Waals surface area contributed by atoms with E-state index in [9.17, 15) is 14.0 Å². The summed E-state index contributed by atoms with van der Waals surface area (Å²) in [6.07, 6.45) is 4.50. The number of hydrogen-bond donors (Lipinski definition) is 2. The zero-order valence-corrected chi connectivity index (χ0v) is 22.1. The van der Waals surface area contributed by atoms with Crippen LogP contribution in [0.2, 0.25) is 0 Å². The SMILES string of the molecule is C[C@@H]1[C@H](NC(=O)N2CCN(C)CC2)CC2C(C)(C)CCC[C@]2(C)[C@H]1CNC(=O)c1ccc(F)cc1. The van der Waals surface area contributed by atoms with Crippen LogP contribution in [-0.4, -0.2) is 67.6 Å². The van der Waals surface area contributed by atoms with E-state index in [-0.39, 0.29) is 46.5 Å². The number of benzene rings is 1. The lowest BCUT2D eigenvalue weighted by Crippen LogP contribution is -2.62. The van der Waals surface area contributed by atoms with E-state index >= 15 is 0 Å². The molecule has 2 aliphatic carbocycles. The summed E-state index contributed by atoms with van der Waals surface area (Å²) in [6.45, 7) is 13.3. The van der Waals surface area contributed by atoms with Crippen LogP contribution in [-0.2, 0) is 0 Å². The first-order valence-corrected chi connectivity index (χ1v) is 13.3. The van der Waals surface area contributed by atoms with Gasteiger partial charge in [-0.25, -0.2) is 9.18 Å². The summed E-state index contributed by atoms with van der Waals surface area (Å²) in [5.41, 5.74) is 0.746. The standard InChI is InChI=1S/C28H43FN4O2/c1-19-22(18-30-25(34)20-7-9-21(29)10-8-20)28(4)12-6-11-27(2,3)24(28)17-23(19)31-26(35)33-15-13-32(5)14-16-33/h7-10,19,22-24H,6,11-18H2,1-5H3,(H,30,34)(H,31,35)/t19-,22-,23+,24?,28+/m0/s1. The van der Waals surface area contributed by atoms with Crippen LogP contribution in [0.5, 0.6) is 0 Å². The number of amides is 3. The van der Waals surface area contributed by atoms with Crippen molar-refractivity contribution in [3.05, 3.63) is 35.6 Å². The third kappa shape index (κ3) is 5.35. The monoisotopic (exact) mass is 486 g/mol. The lowest BCUT2D eigenvalue weighted by atomic mass is 9.45. The van der Waals surface area contributed by atoms with Gasteiger partial charge in [0.2, 0.25) is 0 Å². The van der Waals surface area contributed by atoms with Crippen LogP contribution in [0.1, 0.15) is 63.7 Å². The van der Waals surface area contributed by atoms with Crippen molar-refractivity contribution < 1.29 is 14.0 Å². The average molecular weight is 487 g/mol. The van der Waals surface area contributed by atoms with Crippen molar-refractivity contribution in [3.63, 3.8) is 0 Å². The minimum absolute atomic E-state index is 0.0428. The highest BCUT2D eigenvalue weighted by Gasteiger charge is 2.56. The Bertz CT molecular complexity index is 912. The summed E-state index contributed by atoms with van der Waals surface area (Å²) in [7, 11) is 2.09. The normalized spacial score (nSPS) is 33.0. The van der Waals surface area contributed by atoms with Gasteiger partial charge in [0.1, 0.15) is 5.82 Å². The molecule has 0 aromatic heterocycles. The van der Waals surface area contributed by atoms with Crippen LogP contribution in [0, 0.1) is 34.4 Å². The van der Waals surface area contributed by atoms with Crippen molar-refractivity contribution in [3.8, 4) is 0 Å². The summed E-state index contributed by atoms with van der Waals surface area (Å²) in [5, 5.41) is 6.57. The zero-order chi connectivity index (χ0) is 25.4. The number of likely N-dealkylation sites (N-methyl/N-ethyl adjacent to an activating group) is 1. The molecular formula is C28H43FN4O2. The summed E-state index contributed by atoms with van der Waals surface area (Å²) >= 11 is 0. The van der Waals surface area contributed by atoms with Crippen molar-refractivity contribution in [1.82, 2.24) is 20.4 Å². The summed E-state index contributed by atoms with van der Waals surface area (Å²) < 4.78 is 13.3. The fraction of sp³-hybridized carbons (Fsp3) is 0.714. The van der Waals surface area contributed by atoms with Gasteiger partial charge < -0.3 is 20.4 Å². The molecule has 7 heteroatoms. The van der Waals surface area contributed by atoms with Crippen molar-refractivity contribution >= 4 is 11.9 Å². The van der Waals surface area contributed by atoms with Gasteiger partial charge in [0.15, 0.2) is 0 Å². The average Bonchev–Trinajstić information content (AvgIpc) is 2.80. The van der Waals surface area contributed by atoms with Crippen LogP contribution < -0.4 is 10.6 Å². The molecule has 4 rings (SSSR count). The molecule has 1 aliphatic heterocycles. The lowest BCUT2D eigenvalue weighted by Gasteiger charge is -2.61. The van der Waals surface area contributed by atoms with E-state index in [1.165, 1.54) is 37.1 Å². The summed E-state index contributed by atoms with van der Waals surface area (Å²) in [6, 6.07) is 5.82. The number of fused-ring (bicyclic) bond motifs is 1. The predicted molar refractivity (Wildman–Crippen MR) is 137 cm³/mol. The number of carbonyl (C=O) groups excluding carboxylic acids is 2. The third-order valence-corrected chi connectivity index (χ3v) is 9.57. The molecule has 1 unspecified atom stereocenters. The molecule has 2 N–H and O–H groups in total. The largest absolute Gasteiger partial charge is 0.352 e. The van der Waals surface area contributed by atoms with Crippen LogP contribution in [0.15, 0.2) is 24.3 Å². The van der Waals surface area contributed by atoms with Gasteiger partial charge in [-0.1, -0.05) is 34.1 Å². The first-order chi connectivity index (χ1) is 16.5. The minimum Gasteiger partial charge on any atom is -0.352 e. The van der Waals surface area contributed by atoms with E-state index < -0.39 is 0 Å². The Morgan fingerprint density at radius 2 is 1.71 bits per heavy atom. The van der Waals surface area contributed by atoms with E-state index in [0.29, 0.717) is 18.0 Å². The Morgan fingerprint density at radius 3 is 2.37 bits per heavy atom. The fourth-order valence-electron chi connectivity index (χ4n) is 7.32. The second kappa shape index (κ2) is 10.1. The van der Waals surface area contributed by atoms with E-state index in [4.69, 9.17) is 0 Å². The molecule has 1 saturated heterocycles. The quantitative estimate of drug-likeness (QED) is 0.664. The Kier molecular flexibility index (Phi) is 7.46. The van der Waals surface area contributed by atoms with Gasteiger partial charge in [-0.05, 0) is 79.2 Å². The second-order valence-electron chi connectivity index (χ2n) is 12.2. The number of rotatable bonds is 4. The van der Waals surface area contributed by atoms with Crippen LogP contribution >= 0.6 is 0 Å². The van der Waals surface area contributed by atoms with Crippen LogP contribution in [0.4, 0.5) is 9.18 Å². The number of urea groups is 1. The number of nitrogens with one attached hydrogen (secondary N) is 2. The van der Waals surface area contributed by atoms with Gasteiger partial charge in [-0.2, -0.15) is 0 Å². The van der Waals surface area contributed by atoms with Gasteiger partial charge in [-0.15, -0.1) is 0 Å². The molecular weight excluding hydrogens is 443 g/mol. The number of halogens is 1. The van der Waals surface area contributed by atoms with Crippen molar-refractivity contribution in [2.45, 2.75) is 59.4 Å². The summed E-state index contributed by atoms with van der Waals surface area (Å²) in [5.74, 6) is 0.417. The molecule has 194 valence electrons. The number of piperazine rings is 1. The topological polar surface area (TPSA) is 64.7 Å². The van der Waals surface area contributed by atoms with Gasteiger partial charge in [0.25, 0.3) is 5.91 Å². The van der Waals surface area contributed by atoms with E-state index in [1.807, 2.05) is 4.90 Å². The van der Waals surface area contributed by atoms with Crippen molar-refractivity contribution in [1.29, 1.82) is 0 Å². The Balaban J connectivity index is 1.52. The smallest absolute Gasteiger partial charge is 0.317 e. The first kappa shape index (κ1) is 25.9. The molecule has 5 atom stereocenters. The zero-order valence-electron chi connectivity index (χ0n) is 22.1. The molecule has 0 radical (unpaired) electrons. The minimum atomic E-state index is -0.346. The Labute approximate surface area is 210 Å². The Hall–Kier alpha value is -2.15. The van der Waals surface area contributed by atoms with Gasteiger partial charge >= 0.3 is 6.03 Å². The maximum atomic E-state index is 13.3. The molecule has 3 fully saturated rings. The molecule has 1 aromatic rings. The second-order valence-corrected chi connectivity index (χ2v) is 12.2. The molecule has 3 aliphatic rings. The Morgan fingerprint density at radius 1 is 1.06 bits per heavy atom. The summed E-state index contributed by atoms with van der Waals surface area (Å²) in [4.78, 5) is 30.3. The third-order valence-electron chi connectivity index (χ3n) is 9.57.